The van der Waals surface area contributed by atoms with Gasteiger partial charge in [0.05, 0.1) is 18.6 Å². The summed E-state index contributed by atoms with van der Waals surface area (Å²) in [4.78, 5) is 29.2. The minimum absolute atomic E-state index is 0.147. The van der Waals surface area contributed by atoms with Crippen LogP contribution in [0.1, 0.15) is 20.8 Å². The Kier molecular flexibility index (Phi) is 7.78. The van der Waals surface area contributed by atoms with Crippen molar-refractivity contribution in [2.24, 2.45) is 5.41 Å². The summed E-state index contributed by atoms with van der Waals surface area (Å²) in [6, 6.07) is 15.1. The minimum Gasteiger partial charge on any atom is -0.497 e. The van der Waals surface area contributed by atoms with Gasteiger partial charge in [-0.3, -0.25) is 9.59 Å². The molecular formula is C25H31N7O3S. The van der Waals surface area contributed by atoms with Gasteiger partial charge >= 0.3 is 0 Å². The number of thioether (sulfide) groups is 1. The maximum absolute atomic E-state index is 12.5. The molecule has 2 aromatic carbocycles. The van der Waals surface area contributed by atoms with Gasteiger partial charge in [-0.15, -0.1) is 5.10 Å². The van der Waals surface area contributed by atoms with Crippen molar-refractivity contribution >= 4 is 35.0 Å². The summed E-state index contributed by atoms with van der Waals surface area (Å²) in [7, 11) is 1.61. The molecule has 1 aliphatic rings. The Balaban J connectivity index is 1.27. The number of benzene rings is 2. The maximum atomic E-state index is 12.5. The molecule has 1 saturated heterocycles. The molecule has 0 atom stereocenters. The number of piperazine rings is 1. The van der Waals surface area contributed by atoms with Crippen molar-refractivity contribution in [3.8, 4) is 11.4 Å². The fraction of sp³-hybridized carbons (Fsp3) is 0.400. The highest BCUT2D eigenvalue weighted by Gasteiger charge is 2.29. The van der Waals surface area contributed by atoms with Crippen molar-refractivity contribution in [1.82, 2.24) is 25.1 Å². The second-order valence-corrected chi connectivity index (χ2v) is 10.4. The third-order valence-corrected chi connectivity index (χ3v) is 6.73. The van der Waals surface area contributed by atoms with Crippen molar-refractivity contribution in [2.45, 2.75) is 25.9 Å². The number of ether oxygens (including phenoxy) is 1. The number of amides is 2. The molecule has 1 N–H and O–H groups in total. The first-order valence-electron chi connectivity index (χ1n) is 11.7. The number of hydrogen-bond acceptors (Lipinski definition) is 8. The van der Waals surface area contributed by atoms with Gasteiger partial charge in [-0.1, -0.05) is 32.5 Å². The molecule has 0 bridgehead atoms. The number of aromatic nitrogens is 4. The van der Waals surface area contributed by atoms with Crippen LogP contribution >= 0.6 is 11.8 Å². The van der Waals surface area contributed by atoms with Crippen molar-refractivity contribution < 1.29 is 14.3 Å². The van der Waals surface area contributed by atoms with Crippen LogP contribution in [0.5, 0.6) is 5.75 Å². The van der Waals surface area contributed by atoms with Gasteiger partial charge in [-0.05, 0) is 59.0 Å². The Bertz CT molecular complexity index is 1180. The van der Waals surface area contributed by atoms with Gasteiger partial charge in [-0.25, -0.2) is 0 Å². The van der Waals surface area contributed by atoms with Gasteiger partial charge in [0, 0.05) is 43.0 Å². The molecule has 1 aromatic heterocycles. The van der Waals surface area contributed by atoms with Crippen LogP contribution < -0.4 is 15.0 Å². The molecule has 0 spiro atoms. The van der Waals surface area contributed by atoms with E-state index in [1.54, 1.807) is 11.8 Å². The number of anilines is 2. The number of nitrogens with zero attached hydrogens (tertiary/aromatic N) is 6. The predicted molar refractivity (Wildman–Crippen MR) is 140 cm³/mol. The normalized spacial score (nSPS) is 14.0. The molecule has 10 nitrogen and oxygen atoms in total. The van der Waals surface area contributed by atoms with E-state index < -0.39 is 0 Å². The number of carbonyl (C=O) groups excluding carboxylic acids is 2. The third kappa shape index (κ3) is 6.14. The first kappa shape index (κ1) is 25.5. The van der Waals surface area contributed by atoms with Crippen LogP contribution in [-0.4, -0.2) is 76.0 Å². The predicted octanol–water partition coefficient (Wildman–Crippen LogP) is 3.10. The molecule has 2 heterocycles. The summed E-state index contributed by atoms with van der Waals surface area (Å²) < 4.78 is 6.77. The van der Waals surface area contributed by atoms with E-state index in [0.29, 0.717) is 18.2 Å². The molecule has 2 amide bonds. The van der Waals surface area contributed by atoms with Crippen LogP contribution in [0.2, 0.25) is 0 Å². The molecule has 11 heteroatoms. The average Bonchev–Trinajstić information content (AvgIpc) is 3.36. The van der Waals surface area contributed by atoms with E-state index in [1.807, 2.05) is 74.2 Å². The number of rotatable bonds is 7. The van der Waals surface area contributed by atoms with Gasteiger partial charge in [0.25, 0.3) is 0 Å². The maximum Gasteiger partial charge on any atom is 0.234 e. The Morgan fingerprint density at radius 2 is 1.61 bits per heavy atom. The zero-order chi connectivity index (χ0) is 25.7. The molecule has 0 aliphatic carbocycles. The van der Waals surface area contributed by atoms with Gasteiger partial charge in [0.1, 0.15) is 5.75 Å². The summed E-state index contributed by atoms with van der Waals surface area (Å²) in [5, 5.41) is 15.2. The molecule has 4 rings (SSSR count). The standard InChI is InChI=1S/C25H31N7O3S/c1-25(2,3)23(34)31-15-13-30(14-16-31)19-7-5-18(6-8-19)26-22(33)17-36-24-27-28-29-32(24)20-9-11-21(35-4)12-10-20/h5-12H,13-17H2,1-4H3,(H,26,33). The summed E-state index contributed by atoms with van der Waals surface area (Å²) >= 11 is 1.26. The lowest BCUT2D eigenvalue weighted by atomic mass is 9.94. The smallest absolute Gasteiger partial charge is 0.234 e. The second-order valence-electron chi connectivity index (χ2n) is 9.48. The molecule has 0 unspecified atom stereocenters. The van der Waals surface area contributed by atoms with Gasteiger partial charge in [-0.2, -0.15) is 4.68 Å². The average molecular weight is 510 g/mol. The van der Waals surface area contributed by atoms with E-state index in [0.717, 1.165) is 35.9 Å². The zero-order valence-corrected chi connectivity index (χ0v) is 21.8. The quantitative estimate of drug-likeness (QED) is 0.485. The van der Waals surface area contributed by atoms with E-state index in [1.165, 1.54) is 11.8 Å². The molecule has 190 valence electrons. The van der Waals surface area contributed by atoms with E-state index >= 15 is 0 Å². The largest absolute Gasteiger partial charge is 0.497 e. The SMILES string of the molecule is COc1ccc(-n2nnnc2SCC(=O)Nc2ccc(N3CCN(C(=O)C(C)(C)C)CC3)cc2)cc1. The topological polar surface area (TPSA) is 105 Å². The van der Waals surface area contributed by atoms with Gasteiger partial charge < -0.3 is 19.9 Å². The fourth-order valence-corrected chi connectivity index (χ4v) is 4.57. The monoisotopic (exact) mass is 509 g/mol. The van der Waals surface area contributed by atoms with Crippen molar-refractivity contribution in [1.29, 1.82) is 0 Å². The van der Waals surface area contributed by atoms with Crippen LogP contribution in [0, 0.1) is 5.41 Å². The lowest BCUT2D eigenvalue weighted by molar-refractivity contribution is -0.139. The highest BCUT2D eigenvalue weighted by molar-refractivity contribution is 7.99. The molecular weight excluding hydrogens is 478 g/mol. The lowest BCUT2D eigenvalue weighted by Gasteiger charge is -2.38. The number of methoxy groups -OCH3 is 1. The number of carbonyl (C=O) groups is 2. The van der Waals surface area contributed by atoms with E-state index in [2.05, 4.69) is 25.7 Å². The van der Waals surface area contributed by atoms with Crippen LogP contribution in [0.4, 0.5) is 11.4 Å². The molecule has 0 saturated carbocycles. The number of nitrogens with one attached hydrogen (secondary N) is 1. The van der Waals surface area contributed by atoms with Crippen molar-refractivity contribution in [2.75, 3.05) is 49.3 Å². The van der Waals surface area contributed by atoms with Gasteiger partial charge in [0.15, 0.2) is 0 Å². The van der Waals surface area contributed by atoms with Crippen LogP contribution in [0.3, 0.4) is 0 Å². The summed E-state index contributed by atoms with van der Waals surface area (Å²) in [5.41, 5.74) is 2.22. The van der Waals surface area contributed by atoms with Gasteiger partial charge in [0.2, 0.25) is 17.0 Å². The summed E-state index contributed by atoms with van der Waals surface area (Å²) in [6.07, 6.45) is 0. The second kappa shape index (κ2) is 11.0. The highest BCUT2D eigenvalue weighted by atomic mass is 32.2. The fourth-order valence-electron chi connectivity index (χ4n) is 3.88. The van der Waals surface area contributed by atoms with Crippen LogP contribution in [0.15, 0.2) is 53.7 Å². The van der Waals surface area contributed by atoms with Crippen molar-refractivity contribution in [3.05, 3.63) is 48.5 Å². The molecule has 3 aromatic rings. The first-order chi connectivity index (χ1) is 17.2. The Morgan fingerprint density at radius 3 is 2.22 bits per heavy atom. The molecule has 1 aliphatic heterocycles. The highest BCUT2D eigenvalue weighted by Crippen LogP contribution is 2.24. The van der Waals surface area contributed by atoms with Crippen LogP contribution in [0.25, 0.3) is 5.69 Å². The summed E-state index contributed by atoms with van der Waals surface area (Å²) in [6.45, 7) is 8.85. The Morgan fingerprint density at radius 1 is 0.972 bits per heavy atom. The minimum atomic E-state index is -0.359. The molecule has 36 heavy (non-hydrogen) atoms. The van der Waals surface area contributed by atoms with E-state index in [9.17, 15) is 9.59 Å². The van der Waals surface area contributed by atoms with E-state index in [4.69, 9.17) is 4.74 Å². The third-order valence-electron chi connectivity index (χ3n) is 5.81. The van der Waals surface area contributed by atoms with E-state index in [-0.39, 0.29) is 23.0 Å². The Hall–Kier alpha value is -3.60. The number of tetrazole rings is 1. The number of hydrogen-bond donors (Lipinski definition) is 1. The molecule has 1 fully saturated rings. The first-order valence-corrected chi connectivity index (χ1v) is 12.7. The molecule has 0 radical (unpaired) electrons. The Labute approximate surface area is 215 Å². The summed E-state index contributed by atoms with van der Waals surface area (Å²) in [5.74, 6) is 0.953. The zero-order valence-electron chi connectivity index (χ0n) is 21.0. The van der Waals surface area contributed by atoms with Crippen molar-refractivity contribution in [3.63, 3.8) is 0 Å². The lowest BCUT2D eigenvalue weighted by Crippen LogP contribution is -2.51. The van der Waals surface area contributed by atoms with Crippen LogP contribution in [-0.2, 0) is 9.59 Å².